The minimum atomic E-state index is -0.581. The molecule has 0 spiro atoms. The molecule has 0 saturated heterocycles. The van der Waals surface area contributed by atoms with Crippen LogP contribution in [0, 0.1) is 13.8 Å². The van der Waals surface area contributed by atoms with Crippen molar-refractivity contribution < 1.29 is 9.53 Å². The van der Waals surface area contributed by atoms with Crippen molar-refractivity contribution in [2.75, 3.05) is 10.6 Å². The van der Waals surface area contributed by atoms with Crippen molar-refractivity contribution in [1.29, 1.82) is 0 Å². The molecule has 1 aromatic heterocycles. The Morgan fingerprint density at radius 2 is 1.95 bits per heavy atom. The van der Waals surface area contributed by atoms with Gasteiger partial charge < -0.3 is 15.4 Å². The molecule has 1 amide bonds. The second kappa shape index (κ2) is 10.4. The fourth-order valence-electron chi connectivity index (χ4n) is 4.38. The molecular formula is C28H25BrClN5O2. The van der Waals surface area contributed by atoms with Gasteiger partial charge in [0, 0.05) is 32.0 Å². The lowest BCUT2D eigenvalue weighted by molar-refractivity contribution is -0.113. The van der Waals surface area contributed by atoms with Crippen LogP contribution in [0.15, 0.2) is 82.7 Å². The number of rotatable bonds is 6. The molecule has 4 aromatic rings. The summed E-state index contributed by atoms with van der Waals surface area (Å²) in [7, 11) is 0. The molecule has 0 fully saturated rings. The third-order valence-corrected chi connectivity index (χ3v) is 7.36. The Bertz CT molecular complexity index is 1530. The van der Waals surface area contributed by atoms with E-state index in [1.165, 1.54) is 6.33 Å². The number of anilines is 2. The summed E-state index contributed by atoms with van der Waals surface area (Å²) in [6.45, 7) is 6.15. The van der Waals surface area contributed by atoms with Gasteiger partial charge >= 0.3 is 0 Å². The summed E-state index contributed by atoms with van der Waals surface area (Å²) in [6.07, 6.45) is 1.47. The highest BCUT2D eigenvalue weighted by molar-refractivity contribution is 9.10. The SMILES string of the molecule is CC1=C(C(=O)Nc2cccc(C)c2C)C(c2cc(Br)ccc2OCc2ccccc2Cl)n2ncnc2N1. The van der Waals surface area contributed by atoms with Gasteiger partial charge in [0.25, 0.3) is 5.91 Å². The maximum absolute atomic E-state index is 13.8. The summed E-state index contributed by atoms with van der Waals surface area (Å²) in [5, 5.41) is 11.4. The highest BCUT2D eigenvalue weighted by Crippen LogP contribution is 2.41. The Labute approximate surface area is 228 Å². The van der Waals surface area contributed by atoms with Crippen molar-refractivity contribution in [2.45, 2.75) is 33.4 Å². The zero-order valence-electron chi connectivity index (χ0n) is 20.5. The molecule has 1 aliphatic heterocycles. The number of aryl methyl sites for hydroxylation is 1. The second-order valence-electron chi connectivity index (χ2n) is 8.86. The van der Waals surface area contributed by atoms with E-state index in [1.807, 2.05) is 81.4 Å². The summed E-state index contributed by atoms with van der Waals surface area (Å²) in [5.41, 5.74) is 5.71. The van der Waals surface area contributed by atoms with Crippen LogP contribution >= 0.6 is 27.5 Å². The predicted octanol–water partition coefficient (Wildman–Crippen LogP) is 6.82. The third-order valence-electron chi connectivity index (χ3n) is 6.50. The lowest BCUT2D eigenvalue weighted by Gasteiger charge is -2.30. The van der Waals surface area contributed by atoms with Crippen LogP contribution in [-0.4, -0.2) is 20.7 Å². The molecular weight excluding hydrogens is 554 g/mol. The Balaban J connectivity index is 1.57. The van der Waals surface area contributed by atoms with E-state index >= 15 is 0 Å². The number of nitrogens with one attached hydrogen (secondary N) is 2. The number of benzene rings is 3. The Morgan fingerprint density at radius 1 is 1.14 bits per heavy atom. The molecule has 1 aliphatic rings. The number of hydrogen-bond acceptors (Lipinski definition) is 5. The van der Waals surface area contributed by atoms with E-state index in [-0.39, 0.29) is 12.5 Å². The number of aromatic nitrogens is 3. The van der Waals surface area contributed by atoms with Crippen molar-refractivity contribution >= 4 is 45.1 Å². The zero-order chi connectivity index (χ0) is 26.1. The van der Waals surface area contributed by atoms with Crippen LogP contribution in [-0.2, 0) is 11.4 Å². The van der Waals surface area contributed by atoms with Crippen molar-refractivity contribution in [2.24, 2.45) is 0 Å². The number of nitrogens with zero attached hydrogens (tertiary/aromatic N) is 3. The lowest BCUT2D eigenvalue weighted by atomic mass is 9.94. The largest absolute Gasteiger partial charge is 0.488 e. The van der Waals surface area contributed by atoms with Gasteiger partial charge in [-0.05, 0) is 62.2 Å². The summed E-state index contributed by atoms with van der Waals surface area (Å²) < 4.78 is 8.83. The maximum Gasteiger partial charge on any atom is 0.255 e. The second-order valence-corrected chi connectivity index (χ2v) is 10.2. The first-order valence-corrected chi connectivity index (χ1v) is 12.9. The highest BCUT2D eigenvalue weighted by atomic mass is 79.9. The summed E-state index contributed by atoms with van der Waals surface area (Å²) in [6, 6.07) is 18.6. The number of ether oxygens (including phenoxy) is 1. The van der Waals surface area contributed by atoms with Crippen LogP contribution in [0.1, 0.15) is 35.2 Å². The molecule has 7 nitrogen and oxygen atoms in total. The molecule has 1 unspecified atom stereocenters. The van der Waals surface area contributed by atoms with Gasteiger partial charge in [0.15, 0.2) is 0 Å². The van der Waals surface area contributed by atoms with Crippen molar-refractivity contribution in [3.05, 3.63) is 110 Å². The standard InChI is InChI=1S/C28H25BrClN5O2/c1-16-7-6-10-23(17(16)2)34-27(36)25-18(3)33-28-31-15-32-35(28)26(25)21-13-20(29)11-12-24(21)37-14-19-8-4-5-9-22(19)30/h4-13,15,26H,14H2,1-3H3,(H,34,36)(H,31,32,33). The molecule has 2 heterocycles. The maximum atomic E-state index is 13.8. The molecule has 3 aromatic carbocycles. The van der Waals surface area contributed by atoms with E-state index in [9.17, 15) is 4.79 Å². The number of carbonyl (C=O) groups is 1. The van der Waals surface area contributed by atoms with Crippen molar-refractivity contribution in [3.63, 3.8) is 0 Å². The van der Waals surface area contributed by atoms with Crippen LogP contribution in [0.2, 0.25) is 5.02 Å². The zero-order valence-corrected chi connectivity index (χ0v) is 22.9. The first-order valence-electron chi connectivity index (χ1n) is 11.7. The molecule has 5 rings (SSSR count). The van der Waals surface area contributed by atoms with Gasteiger partial charge in [0.1, 0.15) is 24.7 Å². The van der Waals surface area contributed by atoms with Gasteiger partial charge in [-0.15, -0.1) is 0 Å². The number of amides is 1. The summed E-state index contributed by atoms with van der Waals surface area (Å²) in [4.78, 5) is 18.2. The number of allylic oxidation sites excluding steroid dienone is 1. The highest BCUT2D eigenvalue weighted by Gasteiger charge is 2.35. The minimum absolute atomic E-state index is 0.234. The van der Waals surface area contributed by atoms with E-state index < -0.39 is 6.04 Å². The topological polar surface area (TPSA) is 81.1 Å². The Morgan fingerprint density at radius 3 is 2.76 bits per heavy atom. The van der Waals surface area contributed by atoms with Gasteiger partial charge in [-0.25, -0.2) is 4.68 Å². The van der Waals surface area contributed by atoms with Crippen LogP contribution in [0.4, 0.5) is 11.6 Å². The smallest absolute Gasteiger partial charge is 0.255 e. The number of fused-ring (bicyclic) bond motifs is 1. The van der Waals surface area contributed by atoms with Crippen LogP contribution in [0.5, 0.6) is 5.75 Å². The van der Waals surface area contributed by atoms with Gasteiger partial charge in [0.2, 0.25) is 5.95 Å². The quantitative estimate of drug-likeness (QED) is 0.262. The third kappa shape index (κ3) is 4.99. The fourth-order valence-corrected chi connectivity index (χ4v) is 4.95. The average Bonchev–Trinajstić information content (AvgIpc) is 3.34. The Hall–Kier alpha value is -3.62. The van der Waals surface area contributed by atoms with Gasteiger partial charge in [0.05, 0.1) is 5.57 Å². The molecule has 2 N–H and O–H groups in total. The van der Waals surface area contributed by atoms with Gasteiger partial charge in [-0.3, -0.25) is 4.79 Å². The van der Waals surface area contributed by atoms with Gasteiger partial charge in [-0.1, -0.05) is 57.9 Å². The molecule has 0 bridgehead atoms. The fraction of sp³-hybridized carbons (Fsp3) is 0.179. The number of carbonyl (C=O) groups excluding carboxylic acids is 1. The first kappa shape index (κ1) is 25.0. The summed E-state index contributed by atoms with van der Waals surface area (Å²) in [5.74, 6) is 0.922. The normalized spacial score (nSPS) is 14.7. The average molecular weight is 579 g/mol. The summed E-state index contributed by atoms with van der Waals surface area (Å²) >= 11 is 9.95. The molecule has 37 heavy (non-hydrogen) atoms. The van der Waals surface area contributed by atoms with E-state index in [0.717, 1.165) is 32.4 Å². The molecule has 188 valence electrons. The first-order chi connectivity index (χ1) is 17.8. The Kier molecular flexibility index (Phi) is 7.04. The molecule has 1 atom stereocenters. The predicted molar refractivity (Wildman–Crippen MR) is 149 cm³/mol. The van der Waals surface area contributed by atoms with Crippen molar-refractivity contribution in [3.8, 4) is 5.75 Å². The van der Waals surface area contributed by atoms with Crippen molar-refractivity contribution in [1.82, 2.24) is 14.8 Å². The van der Waals surface area contributed by atoms with Crippen LogP contribution < -0.4 is 15.4 Å². The monoisotopic (exact) mass is 577 g/mol. The van der Waals surface area contributed by atoms with Crippen LogP contribution in [0.25, 0.3) is 0 Å². The van der Waals surface area contributed by atoms with E-state index in [4.69, 9.17) is 16.3 Å². The lowest BCUT2D eigenvalue weighted by Crippen LogP contribution is -2.32. The van der Waals surface area contributed by atoms with E-state index in [2.05, 4.69) is 36.6 Å². The number of halogens is 2. The molecule has 0 saturated carbocycles. The van der Waals surface area contributed by atoms with Gasteiger partial charge in [-0.2, -0.15) is 10.1 Å². The van der Waals surface area contributed by atoms with E-state index in [0.29, 0.717) is 28.0 Å². The van der Waals surface area contributed by atoms with E-state index in [1.54, 1.807) is 4.68 Å². The minimum Gasteiger partial charge on any atom is -0.488 e. The number of hydrogen-bond donors (Lipinski definition) is 2. The molecule has 0 aliphatic carbocycles. The molecule has 9 heteroatoms. The van der Waals surface area contributed by atoms with Crippen LogP contribution in [0.3, 0.4) is 0 Å². The molecule has 0 radical (unpaired) electrons.